The van der Waals surface area contributed by atoms with Crippen molar-refractivity contribution in [3.63, 3.8) is 0 Å². The van der Waals surface area contributed by atoms with E-state index in [0.717, 1.165) is 32.5 Å². The standard InChI is InChI=1S/C30H31BrN4O2/c1-20(2)18-34(30(37)24-14-10-15-25(31)17-24)19-27(36)32-29-28(23-12-6-5-7-13-23)22(4)33-35(29)26-16-9-8-11-21(26)3/h5-17,20H,18-19H2,1-4H3,(H,32,36). The smallest absolute Gasteiger partial charge is 0.254 e. The maximum Gasteiger partial charge on any atom is 0.254 e. The highest BCUT2D eigenvalue weighted by molar-refractivity contribution is 9.10. The minimum atomic E-state index is -0.282. The molecule has 2 amide bonds. The van der Waals surface area contributed by atoms with Crippen molar-refractivity contribution in [2.45, 2.75) is 27.7 Å². The molecular weight excluding hydrogens is 528 g/mol. The lowest BCUT2D eigenvalue weighted by Gasteiger charge is -2.24. The third kappa shape index (κ3) is 6.17. The molecule has 1 heterocycles. The van der Waals surface area contributed by atoms with Gasteiger partial charge in [0, 0.05) is 22.1 Å². The van der Waals surface area contributed by atoms with Gasteiger partial charge < -0.3 is 10.2 Å². The van der Waals surface area contributed by atoms with Crippen LogP contribution in [0.2, 0.25) is 0 Å². The molecule has 7 heteroatoms. The highest BCUT2D eigenvalue weighted by Gasteiger charge is 2.24. The topological polar surface area (TPSA) is 67.2 Å². The van der Waals surface area contributed by atoms with Gasteiger partial charge in [-0.1, -0.05) is 84.4 Å². The molecule has 0 fully saturated rings. The maximum absolute atomic E-state index is 13.5. The van der Waals surface area contributed by atoms with Gasteiger partial charge in [-0.3, -0.25) is 9.59 Å². The Labute approximate surface area is 226 Å². The summed E-state index contributed by atoms with van der Waals surface area (Å²) < 4.78 is 2.60. The third-order valence-corrected chi connectivity index (χ3v) is 6.50. The molecule has 37 heavy (non-hydrogen) atoms. The lowest BCUT2D eigenvalue weighted by atomic mass is 10.1. The van der Waals surface area contributed by atoms with Crippen molar-refractivity contribution in [2.24, 2.45) is 5.92 Å². The van der Waals surface area contributed by atoms with E-state index in [0.29, 0.717) is 17.9 Å². The fraction of sp³-hybridized carbons (Fsp3) is 0.233. The van der Waals surface area contributed by atoms with Gasteiger partial charge in [0.05, 0.1) is 11.4 Å². The number of rotatable bonds is 8. The number of carbonyl (C=O) groups is 2. The van der Waals surface area contributed by atoms with Crippen LogP contribution in [0.5, 0.6) is 0 Å². The quantitative estimate of drug-likeness (QED) is 0.263. The average molecular weight is 560 g/mol. The Bertz CT molecular complexity index is 1410. The van der Waals surface area contributed by atoms with Crippen molar-refractivity contribution in [3.05, 3.63) is 100 Å². The second-order valence-electron chi connectivity index (χ2n) is 9.51. The second kappa shape index (κ2) is 11.6. The summed E-state index contributed by atoms with van der Waals surface area (Å²) in [5.74, 6) is 0.318. The first-order valence-corrected chi connectivity index (χ1v) is 13.1. The molecule has 0 radical (unpaired) electrons. The van der Waals surface area contributed by atoms with Crippen LogP contribution in [-0.4, -0.2) is 39.6 Å². The van der Waals surface area contributed by atoms with Gasteiger partial charge in [0.2, 0.25) is 5.91 Å². The van der Waals surface area contributed by atoms with E-state index < -0.39 is 0 Å². The first-order valence-electron chi connectivity index (χ1n) is 12.3. The summed E-state index contributed by atoms with van der Waals surface area (Å²) in [7, 11) is 0. The van der Waals surface area contributed by atoms with E-state index in [9.17, 15) is 9.59 Å². The van der Waals surface area contributed by atoms with Crippen LogP contribution >= 0.6 is 15.9 Å². The minimum absolute atomic E-state index is 0.0737. The van der Waals surface area contributed by atoms with E-state index in [1.165, 1.54) is 0 Å². The molecule has 0 unspecified atom stereocenters. The molecular formula is C30H31BrN4O2. The number of benzene rings is 3. The van der Waals surface area contributed by atoms with Gasteiger partial charge in [-0.2, -0.15) is 5.10 Å². The van der Waals surface area contributed by atoms with E-state index in [-0.39, 0.29) is 24.3 Å². The maximum atomic E-state index is 13.5. The molecule has 0 aliphatic carbocycles. The Morgan fingerprint density at radius 2 is 1.68 bits per heavy atom. The summed E-state index contributed by atoms with van der Waals surface area (Å²) in [6.07, 6.45) is 0. The Balaban J connectivity index is 1.70. The predicted molar refractivity (Wildman–Crippen MR) is 152 cm³/mol. The molecule has 0 spiro atoms. The summed E-state index contributed by atoms with van der Waals surface area (Å²) in [6, 6.07) is 25.1. The van der Waals surface area contributed by atoms with Gasteiger partial charge in [-0.15, -0.1) is 0 Å². The summed E-state index contributed by atoms with van der Waals surface area (Å²) in [4.78, 5) is 28.5. The fourth-order valence-corrected chi connectivity index (χ4v) is 4.78. The van der Waals surface area contributed by atoms with Gasteiger partial charge in [0.15, 0.2) is 0 Å². The van der Waals surface area contributed by atoms with Crippen molar-refractivity contribution in [1.82, 2.24) is 14.7 Å². The third-order valence-electron chi connectivity index (χ3n) is 6.00. The van der Waals surface area contributed by atoms with Crippen molar-refractivity contribution in [2.75, 3.05) is 18.4 Å². The molecule has 4 rings (SSSR count). The Kier molecular flexibility index (Phi) is 8.24. The zero-order valence-corrected chi connectivity index (χ0v) is 23.1. The van der Waals surface area contributed by atoms with Gasteiger partial charge in [0.1, 0.15) is 12.4 Å². The van der Waals surface area contributed by atoms with Gasteiger partial charge in [0.25, 0.3) is 5.91 Å². The molecule has 4 aromatic rings. The Morgan fingerprint density at radius 1 is 0.973 bits per heavy atom. The zero-order chi connectivity index (χ0) is 26.5. The number of nitrogens with zero attached hydrogens (tertiary/aromatic N) is 3. The molecule has 3 aromatic carbocycles. The number of halogens is 1. The second-order valence-corrected chi connectivity index (χ2v) is 10.4. The van der Waals surface area contributed by atoms with Crippen LogP contribution in [0.4, 0.5) is 5.82 Å². The van der Waals surface area contributed by atoms with E-state index in [1.807, 2.05) is 94.4 Å². The molecule has 0 atom stereocenters. The van der Waals surface area contributed by atoms with Crippen molar-refractivity contribution in [1.29, 1.82) is 0 Å². The first kappa shape index (κ1) is 26.4. The fourth-order valence-electron chi connectivity index (χ4n) is 4.38. The number of para-hydroxylation sites is 1. The summed E-state index contributed by atoms with van der Waals surface area (Å²) in [6.45, 7) is 8.40. The zero-order valence-electron chi connectivity index (χ0n) is 21.5. The van der Waals surface area contributed by atoms with Gasteiger partial charge in [-0.25, -0.2) is 4.68 Å². The lowest BCUT2D eigenvalue weighted by Crippen LogP contribution is -2.40. The SMILES string of the molecule is Cc1ccccc1-n1nc(C)c(-c2ccccc2)c1NC(=O)CN(CC(C)C)C(=O)c1cccc(Br)c1. The summed E-state index contributed by atoms with van der Waals surface area (Å²) >= 11 is 3.43. The van der Waals surface area contributed by atoms with E-state index >= 15 is 0 Å². The number of aromatic nitrogens is 2. The van der Waals surface area contributed by atoms with Crippen molar-refractivity contribution in [3.8, 4) is 16.8 Å². The van der Waals surface area contributed by atoms with E-state index in [1.54, 1.807) is 21.7 Å². The average Bonchev–Trinajstić information content (AvgIpc) is 3.18. The van der Waals surface area contributed by atoms with Gasteiger partial charge in [-0.05, 0) is 55.2 Å². The lowest BCUT2D eigenvalue weighted by molar-refractivity contribution is -0.117. The Morgan fingerprint density at radius 3 is 2.35 bits per heavy atom. The number of carbonyl (C=O) groups excluding carboxylic acids is 2. The van der Waals surface area contributed by atoms with E-state index in [2.05, 4.69) is 21.2 Å². The number of hydrogen-bond acceptors (Lipinski definition) is 3. The number of amides is 2. The normalized spacial score (nSPS) is 11.0. The molecule has 0 saturated carbocycles. The molecule has 1 aromatic heterocycles. The molecule has 0 bridgehead atoms. The summed E-state index contributed by atoms with van der Waals surface area (Å²) in [5.41, 5.74) is 5.06. The monoisotopic (exact) mass is 558 g/mol. The van der Waals surface area contributed by atoms with Gasteiger partial charge >= 0.3 is 0 Å². The number of hydrogen-bond donors (Lipinski definition) is 1. The number of nitrogens with one attached hydrogen (secondary N) is 1. The van der Waals surface area contributed by atoms with Crippen LogP contribution < -0.4 is 5.32 Å². The molecule has 0 aliphatic heterocycles. The van der Waals surface area contributed by atoms with Crippen molar-refractivity contribution < 1.29 is 9.59 Å². The van der Waals surface area contributed by atoms with E-state index in [4.69, 9.17) is 5.10 Å². The number of aryl methyl sites for hydroxylation is 2. The highest BCUT2D eigenvalue weighted by atomic mass is 79.9. The van der Waals surface area contributed by atoms with Crippen LogP contribution in [0.1, 0.15) is 35.5 Å². The predicted octanol–water partition coefficient (Wildman–Crippen LogP) is 6.66. The summed E-state index contributed by atoms with van der Waals surface area (Å²) in [5, 5.41) is 7.91. The largest absolute Gasteiger partial charge is 0.329 e. The van der Waals surface area contributed by atoms with Crippen LogP contribution in [0.3, 0.4) is 0 Å². The van der Waals surface area contributed by atoms with Crippen molar-refractivity contribution >= 4 is 33.6 Å². The highest BCUT2D eigenvalue weighted by Crippen LogP contribution is 2.34. The molecule has 1 N–H and O–H groups in total. The molecule has 0 saturated heterocycles. The van der Waals surface area contributed by atoms with Crippen LogP contribution in [-0.2, 0) is 4.79 Å². The van der Waals surface area contributed by atoms with Crippen LogP contribution in [0.25, 0.3) is 16.8 Å². The Hall–Kier alpha value is -3.71. The van der Waals surface area contributed by atoms with Crippen LogP contribution in [0.15, 0.2) is 83.3 Å². The molecule has 6 nitrogen and oxygen atoms in total. The van der Waals surface area contributed by atoms with Crippen LogP contribution in [0, 0.1) is 19.8 Å². The first-order chi connectivity index (χ1) is 17.7. The number of anilines is 1. The molecule has 190 valence electrons. The molecule has 0 aliphatic rings. The minimum Gasteiger partial charge on any atom is -0.329 e.